The Kier molecular flexibility index (Phi) is 3.99. The van der Waals surface area contributed by atoms with Crippen LogP contribution in [-0.2, 0) is 4.79 Å². The number of carbonyl (C=O) groups is 2. The molecule has 0 unspecified atom stereocenters. The molecule has 0 spiro atoms. The van der Waals surface area contributed by atoms with Gasteiger partial charge in [0.05, 0.1) is 6.54 Å². The van der Waals surface area contributed by atoms with Gasteiger partial charge in [0, 0.05) is 5.56 Å². The fourth-order valence-electron chi connectivity index (χ4n) is 2.76. The fourth-order valence-corrected chi connectivity index (χ4v) is 2.76. The van der Waals surface area contributed by atoms with E-state index in [4.69, 9.17) is 10.5 Å². The molecule has 2 heterocycles. The number of hydrogen-bond acceptors (Lipinski definition) is 5. The molecule has 0 saturated heterocycles. The van der Waals surface area contributed by atoms with Crippen molar-refractivity contribution in [3.8, 4) is 5.75 Å². The number of ether oxygens (including phenoxy) is 1. The average Bonchev–Trinajstić information content (AvgIpc) is 2.55. The van der Waals surface area contributed by atoms with Gasteiger partial charge in [-0.2, -0.15) is 0 Å². The van der Waals surface area contributed by atoms with Crippen LogP contribution in [0.5, 0.6) is 5.75 Å². The van der Waals surface area contributed by atoms with E-state index in [0.29, 0.717) is 11.3 Å². The lowest BCUT2D eigenvalue weighted by Crippen LogP contribution is -2.54. The van der Waals surface area contributed by atoms with Gasteiger partial charge in [-0.3, -0.25) is 14.5 Å². The van der Waals surface area contributed by atoms with Crippen molar-refractivity contribution in [1.29, 1.82) is 0 Å². The van der Waals surface area contributed by atoms with Crippen molar-refractivity contribution in [3.63, 3.8) is 0 Å². The summed E-state index contributed by atoms with van der Waals surface area (Å²) in [5.41, 5.74) is 7.37. The second kappa shape index (κ2) is 5.88. The number of aryl methyl sites for hydroxylation is 2. The van der Waals surface area contributed by atoms with Gasteiger partial charge < -0.3 is 10.5 Å². The van der Waals surface area contributed by atoms with E-state index in [1.165, 1.54) is 4.90 Å². The Morgan fingerprint density at radius 1 is 1.20 bits per heavy atom. The second-order valence-electron chi connectivity index (χ2n) is 6.78. The van der Waals surface area contributed by atoms with Gasteiger partial charge in [0.25, 0.3) is 5.91 Å². The summed E-state index contributed by atoms with van der Waals surface area (Å²) in [5, 5.41) is 0. The van der Waals surface area contributed by atoms with E-state index in [-0.39, 0.29) is 29.9 Å². The number of nitrogen functional groups attached to an aromatic ring is 1. The number of carbonyl (C=O) groups excluding carboxylic acids is 2. The van der Waals surface area contributed by atoms with Crippen LogP contribution in [0.25, 0.3) is 0 Å². The lowest BCUT2D eigenvalue weighted by Gasteiger charge is -2.37. The highest BCUT2D eigenvalue weighted by Crippen LogP contribution is 2.36. The van der Waals surface area contributed by atoms with Crippen molar-refractivity contribution >= 4 is 23.3 Å². The summed E-state index contributed by atoms with van der Waals surface area (Å²) in [7, 11) is 0. The van der Waals surface area contributed by atoms with Gasteiger partial charge in [0.15, 0.2) is 23.0 Å². The molecule has 1 aromatic carbocycles. The number of Topliss-reactive ketones (excluding diaryl/α,β-unsaturated/α-hetero) is 1. The van der Waals surface area contributed by atoms with Crippen molar-refractivity contribution in [3.05, 3.63) is 47.0 Å². The number of hydrogen-bond donors (Lipinski definition) is 1. The van der Waals surface area contributed by atoms with Gasteiger partial charge in [-0.1, -0.05) is 12.1 Å². The zero-order valence-electron chi connectivity index (χ0n) is 14.8. The Morgan fingerprint density at radius 2 is 1.92 bits per heavy atom. The summed E-state index contributed by atoms with van der Waals surface area (Å²) in [6.45, 7) is 7.16. The van der Waals surface area contributed by atoms with Crippen LogP contribution in [0.4, 0.5) is 11.6 Å². The largest absolute Gasteiger partial charge is 0.474 e. The molecule has 3 rings (SSSR count). The molecule has 0 fully saturated rings. The summed E-state index contributed by atoms with van der Waals surface area (Å²) >= 11 is 0. The number of fused-ring (bicyclic) bond motifs is 1. The molecule has 0 radical (unpaired) electrons. The molecule has 1 aromatic heterocycles. The van der Waals surface area contributed by atoms with Crippen molar-refractivity contribution < 1.29 is 14.3 Å². The lowest BCUT2D eigenvalue weighted by molar-refractivity contribution is -0.132. The van der Waals surface area contributed by atoms with Gasteiger partial charge in [0.1, 0.15) is 5.82 Å². The van der Waals surface area contributed by atoms with Gasteiger partial charge in [-0.15, -0.1) is 0 Å². The van der Waals surface area contributed by atoms with Crippen LogP contribution in [0.3, 0.4) is 0 Å². The Labute approximate surface area is 146 Å². The first kappa shape index (κ1) is 17.0. The Bertz CT molecular complexity index is 874. The molecule has 1 amide bonds. The molecule has 0 aliphatic carbocycles. The third kappa shape index (κ3) is 3.07. The van der Waals surface area contributed by atoms with Crippen molar-refractivity contribution in [1.82, 2.24) is 4.98 Å². The molecule has 0 atom stereocenters. The summed E-state index contributed by atoms with van der Waals surface area (Å²) in [5.74, 6) is 0.492. The van der Waals surface area contributed by atoms with Crippen LogP contribution in [0, 0.1) is 13.8 Å². The van der Waals surface area contributed by atoms with Gasteiger partial charge in [-0.05, 0) is 57.0 Å². The van der Waals surface area contributed by atoms with Gasteiger partial charge >= 0.3 is 0 Å². The van der Waals surface area contributed by atoms with Crippen LogP contribution in [0.1, 0.15) is 35.3 Å². The standard InChI is InChI=1S/C19H21N3O3/c1-11-5-6-13(9-12(11)2)14(23)10-22-17-15(7-8-16(20)21-17)25-19(3,4)18(22)24/h5-9H,10H2,1-4H3,(H2,20,21). The third-order valence-corrected chi connectivity index (χ3v) is 4.37. The molecule has 130 valence electrons. The number of ketones is 1. The van der Waals surface area contributed by atoms with E-state index in [0.717, 1.165) is 11.1 Å². The highest BCUT2D eigenvalue weighted by molar-refractivity contribution is 6.09. The Morgan fingerprint density at radius 3 is 2.60 bits per heavy atom. The molecule has 1 aliphatic heterocycles. The number of nitrogens with zero attached hydrogens (tertiary/aromatic N) is 2. The number of amides is 1. The monoisotopic (exact) mass is 339 g/mol. The minimum Gasteiger partial charge on any atom is -0.474 e. The molecular formula is C19H21N3O3. The average molecular weight is 339 g/mol. The fraction of sp³-hybridized carbons (Fsp3) is 0.316. The molecule has 2 N–H and O–H groups in total. The molecule has 6 heteroatoms. The first-order chi connectivity index (χ1) is 11.7. The number of anilines is 2. The second-order valence-corrected chi connectivity index (χ2v) is 6.78. The molecule has 2 aromatic rings. The highest BCUT2D eigenvalue weighted by Gasteiger charge is 2.42. The number of nitrogens with two attached hydrogens (primary N) is 1. The first-order valence-electron chi connectivity index (χ1n) is 8.07. The summed E-state index contributed by atoms with van der Waals surface area (Å²) in [6.07, 6.45) is 0. The topological polar surface area (TPSA) is 85.5 Å². The minimum atomic E-state index is -1.08. The maximum atomic E-state index is 12.8. The lowest BCUT2D eigenvalue weighted by atomic mass is 10.0. The van der Waals surface area contributed by atoms with E-state index in [1.54, 1.807) is 32.0 Å². The first-order valence-corrected chi connectivity index (χ1v) is 8.07. The molecular weight excluding hydrogens is 318 g/mol. The smallest absolute Gasteiger partial charge is 0.272 e. The van der Waals surface area contributed by atoms with E-state index < -0.39 is 5.60 Å². The Hall–Kier alpha value is -2.89. The maximum Gasteiger partial charge on any atom is 0.272 e. The summed E-state index contributed by atoms with van der Waals surface area (Å²) < 4.78 is 5.72. The van der Waals surface area contributed by atoms with Crippen LogP contribution in [-0.4, -0.2) is 28.8 Å². The molecule has 0 saturated carbocycles. The molecule has 25 heavy (non-hydrogen) atoms. The van der Waals surface area contributed by atoms with Crippen LogP contribution in [0.2, 0.25) is 0 Å². The maximum absolute atomic E-state index is 12.8. The van der Waals surface area contributed by atoms with E-state index in [1.807, 2.05) is 26.0 Å². The molecule has 6 nitrogen and oxygen atoms in total. The Balaban J connectivity index is 1.97. The van der Waals surface area contributed by atoms with Crippen LogP contribution in [0.15, 0.2) is 30.3 Å². The van der Waals surface area contributed by atoms with E-state index >= 15 is 0 Å². The van der Waals surface area contributed by atoms with Gasteiger partial charge in [0.2, 0.25) is 0 Å². The highest BCUT2D eigenvalue weighted by atomic mass is 16.5. The van der Waals surface area contributed by atoms with Crippen LogP contribution >= 0.6 is 0 Å². The number of pyridine rings is 1. The normalized spacial score (nSPS) is 15.5. The summed E-state index contributed by atoms with van der Waals surface area (Å²) in [6, 6.07) is 8.78. The van der Waals surface area contributed by atoms with Gasteiger partial charge in [-0.25, -0.2) is 4.98 Å². The zero-order chi connectivity index (χ0) is 18.4. The van der Waals surface area contributed by atoms with Crippen molar-refractivity contribution in [2.75, 3.05) is 17.2 Å². The molecule has 1 aliphatic rings. The van der Waals surface area contributed by atoms with Crippen molar-refractivity contribution in [2.24, 2.45) is 0 Å². The third-order valence-electron chi connectivity index (χ3n) is 4.37. The number of benzene rings is 1. The van der Waals surface area contributed by atoms with Crippen LogP contribution < -0.4 is 15.4 Å². The number of aromatic nitrogens is 1. The van der Waals surface area contributed by atoms with Crippen molar-refractivity contribution in [2.45, 2.75) is 33.3 Å². The van der Waals surface area contributed by atoms with E-state index in [2.05, 4.69) is 4.98 Å². The number of rotatable bonds is 3. The predicted molar refractivity (Wildman–Crippen MR) is 96.0 cm³/mol. The van der Waals surface area contributed by atoms with E-state index in [9.17, 15) is 9.59 Å². The quantitative estimate of drug-likeness (QED) is 0.869. The minimum absolute atomic E-state index is 0.114. The predicted octanol–water partition coefficient (Wildman–Crippen LogP) is 2.67. The SMILES string of the molecule is Cc1ccc(C(=O)CN2C(=O)C(C)(C)Oc3ccc(N)nc32)cc1C. The molecule has 0 bridgehead atoms. The zero-order valence-corrected chi connectivity index (χ0v) is 14.8. The summed E-state index contributed by atoms with van der Waals surface area (Å²) in [4.78, 5) is 31.1.